The SMILES string of the molecule is c1nn2c(c1C13CCC(CNC1)C3)CNCCC2. The molecule has 0 amide bonds. The minimum Gasteiger partial charge on any atom is -0.316 e. The summed E-state index contributed by atoms with van der Waals surface area (Å²) in [4.78, 5) is 0. The largest absolute Gasteiger partial charge is 0.316 e. The summed E-state index contributed by atoms with van der Waals surface area (Å²) in [5.41, 5.74) is 3.38. The van der Waals surface area contributed by atoms with Crippen LogP contribution in [-0.4, -0.2) is 29.4 Å². The Bertz CT molecular complexity index is 449. The van der Waals surface area contributed by atoms with E-state index in [1.165, 1.54) is 43.5 Å². The van der Waals surface area contributed by atoms with Crippen molar-refractivity contribution in [3.8, 4) is 0 Å². The molecule has 4 heteroatoms. The standard InChI is InChI=1S/C14H22N4/c1-4-15-9-13-12(8-17-18(13)5-1)14-3-2-11(6-14)7-16-10-14/h8,11,15-16H,1-7,9-10H2. The van der Waals surface area contributed by atoms with E-state index in [9.17, 15) is 0 Å². The Morgan fingerprint density at radius 3 is 3.39 bits per heavy atom. The average Bonchev–Trinajstić information content (AvgIpc) is 2.84. The van der Waals surface area contributed by atoms with Crippen molar-refractivity contribution in [2.75, 3.05) is 19.6 Å². The van der Waals surface area contributed by atoms with Crippen LogP contribution in [0.4, 0.5) is 0 Å². The Hall–Kier alpha value is -0.870. The summed E-state index contributed by atoms with van der Waals surface area (Å²) in [6.45, 7) is 5.58. The van der Waals surface area contributed by atoms with Gasteiger partial charge in [-0.3, -0.25) is 4.68 Å². The molecular weight excluding hydrogens is 224 g/mol. The number of rotatable bonds is 1. The molecular formula is C14H22N4. The third kappa shape index (κ3) is 1.55. The van der Waals surface area contributed by atoms with E-state index in [1.807, 2.05) is 0 Å². The van der Waals surface area contributed by atoms with Crippen LogP contribution in [0.25, 0.3) is 0 Å². The second-order valence-electron chi connectivity index (χ2n) is 6.28. The van der Waals surface area contributed by atoms with E-state index in [2.05, 4.69) is 26.6 Å². The van der Waals surface area contributed by atoms with E-state index in [1.54, 1.807) is 0 Å². The minimum absolute atomic E-state index is 0.391. The molecule has 2 bridgehead atoms. The van der Waals surface area contributed by atoms with Crippen LogP contribution in [0.15, 0.2) is 6.20 Å². The predicted molar refractivity (Wildman–Crippen MR) is 70.4 cm³/mol. The summed E-state index contributed by atoms with van der Waals surface area (Å²) in [6, 6.07) is 0. The molecule has 2 N–H and O–H groups in total. The molecule has 98 valence electrons. The van der Waals surface area contributed by atoms with Gasteiger partial charge >= 0.3 is 0 Å². The van der Waals surface area contributed by atoms with Crippen molar-refractivity contribution in [2.45, 2.75) is 44.2 Å². The number of hydrogen-bond acceptors (Lipinski definition) is 3. The third-order valence-corrected chi connectivity index (χ3v) is 5.14. The maximum absolute atomic E-state index is 4.65. The first kappa shape index (κ1) is 11.0. The third-order valence-electron chi connectivity index (χ3n) is 5.14. The molecule has 0 aromatic carbocycles. The van der Waals surface area contributed by atoms with Gasteiger partial charge in [0.15, 0.2) is 0 Å². The van der Waals surface area contributed by atoms with E-state index in [4.69, 9.17) is 0 Å². The molecule has 1 aliphatic carbocycles. The van der Waals surface area contributed by atoms with Gasteiger partial charge in [-0.25, -0.2) is 0 Å². The van der Waals surface area contributed by atoms with Crippen molar-refractivity contribution in [2.24, 2.45) is 5.92 Å². The maximum Gasteiger partial charge on any atom is 0.0560 e. The van der Waals surface area contributed by atoms with E-state index in [-0.39, 0.29) is 0 Å². The first-order valence-electron chi connectivity index (χ1n) is 7.34. The van der Waals surface area contributed by atoms with Crippen LogP contribution < -0.4 is 10.6 Å². The van der Waals surface area contributed by atoms with E-state index in [0.717, 1.165) is 32.1 Å². The number of nitrogens with one attached hydrogen (secondary N) is 2. The highest BCUT2D eigenvalue weighted by atomic mass is 15.3. The van der Waals surface area contributed by atoms with Crippen LogP contribution in [0.1, 0.15) is 36.9 Å². The highest BCUT2D eigenvalue weighted by Gasteiger charge is 2.45. The van der Waals surface area contributed by atoms with Gasteiger partial charge in [-0.2, -0.15) is 5.10 Å². The summed E-state index contributed by atoms with van der Waals surface area (Å²) >= 11 is 0. The number of aromatic nitrogens is 2. The Morgan fingerprint density at radius 1 is 1.39 bits per heavy atom. The zero-order chi connectivity index (χ0) is 12.0. The zero-order valence-electron chi connectivity index (χ0n) is 10.9. The van der Waals surface area contributed by atoms with Crippen LogP contribution in [0.5, 0.6) is 0 Å². The maximum atomic E-state index is 4.65. The fraction of sp³-hybridized carbons (Fsp3) is 0.786. The van der Waals surface area contributed by atoms with Crippen molar-refractivity contribution in [1.29, 1.82) is 0 Å². The van der Waals surface area contributed by atoms with Gasteiger partial charge in [0.25, 0.3) is 0 Å². The average molecular weight is 246 g/mol. The Kier molecular flexibility index (Phi) is 2.49. The fourth-order valence-electron chi connectivity index (χ4n) is 4.22. The molecule has 1 aromatic rings. The van der Waals surface area contributed by atoms with Crippen molar-refractivity contribution < 1.29 is 0 Å². The van der Waals surface area contributed by atoms with Gasteiger partial charge < -0.3 is 10.6 Å². The van der Waals surface area contributed by atoms with E-state index >= 15 is 0 Å². The number of piperidine rings is 1. The second-order valence-corrected chi connectivity index (χ2v) is 6.28. The first-order valence-corrected chi connectivity index (χ1v) is 7.34. The van der Waals surface area contributed by atoms with Gasteiger partial charge in [0, 0.05) is 30.6 Å². The molecule has 1 saturated carbocycles. The van der Waals surface area contributed by atoms with Crippen LogP contribution in [-0.2, 0) is 18.5 Å². The lowest BCUT2D eigenvalue weighted by atomic mass is 9.76. The van der Waals surface area contributed by atoms with Crippen LogP contribution in [0.2, 0.25) is 0 Å². The van der Waals surface area contributed by atoms with Gasteiger partial charge in [0.1, 0.15) is 0 Å². The molecule has 4 rings (SSSR count). The molecule has 2 atom stereocenters. The van der Waals surface area contributed by atoms with Gasteiger partial charge in [-0.1, -0.05) is 0 Å². The van der Waals surface area contributed by atoms with Crippen LogP contribution in [0.3, 0.4) is 0 Å². The predicted octanol–water partition coefficient (Wildman–Crippen LogP) is 1.02. The lowest BCUT2D eigenvalue weighted by molar-refractivity contribution is 0.324. The molecule has 4 nitrogen and oxygen atoms in total. The number of nitrogens with zero attached hydrogens (tertiary/aromatic N) is 2. The first-order chi connectivity index (χ1) is 8.87. The Balaban J connectivity index is 1.74. The normalized spacial score (nSPS) is 35.2. The molecule has 3 aliphatic rings. The van der Waals surface area contributed by atoms with Gasteiger partial charge in [-0.05, 0) is 44.7 Å². The molecule has 0 radical (unpaired) electrons. The van der Waals surface area contributed by atoms with Crippen molar-refractivity contribution in [3.63, 3.8) is 0 Å². The monoisotopic (exact) mass is 246 g/mol. The molecule has 2 unspecified atom stereocenters. The fourth-order valence-corrected chi connectivity index (χ4v) is 4.22. The van der Waals surface area contributed by atoms with Crippen LogP contribution >= 0.6 is 0 Å². The smallest absolute Gasteiger partial charge is 0.0560 e. The second kappa shape index (κ2) is 4.07. The van der Waals surface area contributed by atoms with Gasteiger partial charge in [0.05, 0.1) is 11.9 Å². The molecule has 3 heterocycles. The Morgan fingerprint density at radius 2 is 2.39 bits per heavy atom. The topological polar surface area (TPSA) is 41.9 Å². The summed E-state index contributed by atoms with van der Waals surface area (Å²) in [5.74, 6) is 0.896. The highest BCUT2D eigenvalue weighted by Crippen LogP contribution is 2.47. The quantitative estimate of drug-likeness (QED) is 0.777. The molecule has 2 fully saturated rings. The molecule has 1 aromatic heterocycles. The van der Waals surface area contributed by atoms with E-state index < -0.39 is 0 Å². The summed E-state index contributed by atoms with van der Waals surface area (Å²) in [5, 5.41) is 11.8. The van der Waals surface area contributed by atoms with E-state index in [0.29, 0.717) is 5.41 Å². The summed E-state index contributed by atoms with van der Waals surface area (Å²) in [6.07, 6.45) is 7.48. The molecule has 0 spiro atoms. The number of hydrogen-bond donors (Lipinski definition) is 2. The minimum atomic E-state index is 0.391. The molecule has 2 aliphatic heterocycles. The van der Waals surface area contributed by atoms with Crippen molar-refractivity contribution in [1.82, 2.24) is 20.4 Å². The highest BCUT2D eigenvalue weighted by molar-refractivity contribution is 5.32. The summed E-state index contributed by atoms with van der Waals surface area (Å²) in [7, 11) is 0. The van der Waals surface area contributed by atoms with Gasteiger partial charge in [0.2, 0.25) is 0 Å². The number of fused-ring (bicyclic) bond motifs is 3. The number of aryl methyl sites for hydroxylation is 1. The zero-order valence-corrected chi connectivity index (χ0v) is 10.9. The Labute approximate surface area is 108 Å². The van der Waals surface area contributed by atoms with Crippen molar-refractivity contribution >= 4 is 0 Å². The van der Waals surface area contributed by atoms with Gasteiger partial charge in [-0.15, -0.1) is 0 Å². The molecule has 1 saturated heterocycles. The molecule has 18 heavy (non-hydrogen) atoms. The lowest BCUT2D eigenvalue weighted by Gasteiger charge is -2.34. The van der Waals surface area contributed by atoms with Crippen molar-refractivity contribution in [3.05, 3.63) is 17.5 Å². The summed E-state index contributed by atoms with van der Waals surface area (Å²) < 4.78 is 2.24. The van der Waals surface area contributed by atoms with Crippen LogP contribution in [0, 0.1) is 5.92 Å². The lowest BCUT2D eigenvalue weighted by Crippen LogP contribution is -2.42.